The van der Waals surface area contributed by atoms with Crippen molar-refractivity contribution in [1.29, 1.82) is 0 Å². The van der Waals surface area contributed by atoms with Crippen molar-refractivity contribution in [3.8, 4) is 34.0 Å². The second kappa shape index (κ2) is 9.34. The molecule has 3 aromatic carbocycles. The molecular weight excluding hydrogens is 506 g/mol. The first-order valence-corrected chi connectivity index (χ1v) is 13.4. The quantitative estimate of drug-likeness (QED) is 0.301. The van der Waals surface area contributed by atoms with Crippen LogP contribution in [0.1, 0.15) is 12.5 Å². The Morgan fingerprint density at radius 2 is 1.76 bits per heavy atom. The number of fused-ring (bicyclic) bond motifs is 4. The highest BCUT2D eigenvalue weighted by molar-refractivity contribution is 7.93. The fourth-order valence-corrected chi connectivity index (χ4v) is 6.15. The third-order valence-electron chi connectivity index (χ3n) is 6.36. The van der Waals surface area contributed by atoms with E-state index in [0.717, 1.165) is 15.4 Å². The van der Waals surface area contributed by atoms with E-state index in [0.29, 0.717) is 53.1 Å². The number of sulfonamides is 1. The van der Waals surface area contributed by atoms with E-state index in [1.54, 1.807) is 37.3 Å². The number of benzene rings is 3. The van der Waals surface area contributed by atoms with Gasteiger partial charge in [0.1, 0.15) is 31.1 Å². The molecule has 2 aliphatic rings. The number of hydrazone groups is 1. The minimum absolute atomic E-state index is 0.0968. The standard InChI is InChI=1S/C27H23N5O5S/c1-17(19-11-12-21-22(15-19)37-14-13-36-21)28-29-24(33)16-32-27-25(18-7-3-2-4-8-18)30-31-26(27)20-9-5-6-10-23(20)38(32,34)35/h2-12,15H,13-14,16H2,1H3,(H,29,33)(H,30,31)/b28-17+. The summed E-state index contributed by atoms with van der Waals surface area (Å²) in [6.45, 7) is 2.20. The highest BCUT2D eigenvalue weighted by Crippen LogP contribution is 2.46. The number of rotatable bonds is 5. The molecule has 0 spiro atoms. The van der Waals surface area contributed by atoms with Gasteiger partial charge < -0.3 is 9.47 Å². The van der Waals surface area contributed by atoms with Gasteiger partial charge in [-0.3, -0.25) is 14.2 Å². The monoisotopic (exact) mass is 529 g/mol. The van der Waals surface area contributed by atoms with Gasteiger partial charge in [0.25, 0.3) is 15.9 Å². The van der Waals surface area contributed by atoms with Crippen LogP contribution in [0.2, 0.25) is 0 Å². The summed E-state index contributed by atoms with van der Waals surface area (Å²) in [6, 6.07) is 21.3. The lowest BCUT2D eigenvalue weighted by Gasteiger charge is -2.29. The first kappa shape index (κ1) is 23.7. The summed E-state index contributed by atoms with van der Waals surface area (Å²) in [5, 5.41) is 11.6. The van der Waals surface area contributed by atoms with Crippen molar-refractivity contribution in [2.45, 2.75) is 11.8 Å². The molecule has 3 heterocycles. The van der Waals surface area contributed by atoms with Gasteiger partial charge in [0.15, 0.2) is 11.5 Å². The van der Waals surface area contributed by atoms with Gasteiger partial charge >= 0.3 is 0 Å². The van der Waals surface area contributed by atoms with Gasteiger partial charge in [0.2, 0.25) is 0 Å². The molecule has 0 radical (unpaired) electrons. The number of aromatic amines is 1. The van der Waals surface area contributed by atoms with Crippen LogP contribution >= 0.6 is 0 Å². The molecule has 0 fully saturated rings. The molecule has 0 atom stereocenters. The van der Waals surface area contributed by atoms with E-state index >= 15 is 0 Å². The Labute approximate surface area is 219 Å². The summed E-state index contributed by atoms with van der Waals surface area (Å²) in [5.41, 5.74) is 6.25. The van der Waals surface area contributed by atoms with Gasteiger partial charge in [-0.2, -0.15) is 10.2 Å². The fourth-order valence-electron chi connectivity index (χ4n) is 4.51. The summed E-state index contributed by atoms with van der Waals surface area (Å²) >= 11 is 0. The van der Waals surface area contributed by atoms with Gasteiger partial charge in [0.05, 0.1) is 16.3 Å². The molecule has 38 heavy (non-hydrogen) atoms. The van der Waals surface area contributed by atoms with Crippen LogP contribution in [0.3, 0.4) is 0 Å². The Balaban J connectivity index is 1.32. The molecule has 2 aliphatic heterocycles. The second-order valence-corrected chi connectivity index (χ2v) is 10.6. The largest absolute Gasteiger partial charge is 0.486 e. The zero-order valence-corrected chi connectivity index (χ0v) is 21.2. The zero-order valence-electron chi connectivity index (χ0n) is 20.3. The number of ether oxygens (including phenoxy) is 2. The maximum absolute atomic E-state index is 13.7. The average Bonchev–Trinajstić information content (AvgIpc) is 3.39. The maximum Gasteiger partial charge on any atom is 0.265 e. The van der Waals surface area contributed by atoms with Crippen LogP contribution in [0.4, 0.5) is 5.69 Å². The molecule has 1 aromatic heterocycles. The van der Waals surface area contributed by atoms with E-state index in [2.05, 4.69) is 20.7 Å². The van der Waals surface area contributed by atoms with E-state index in [-0.39, 0.29) is 4.90 Å². The predicted octanol–water partition coefficient (Wildman–Crippen LogP) is 3.56. The van der Waals surface area contributed by atoms with E-state index in [4.69, 9.17) is 9.47 Å². The van der Waals surface area contributed by atoms with Crippen LogP contribution in [-0.2, 0) is 14.8 Å². The predicted molar refractivity (Wildman–Crippen MR) is 142 cm³/mol. The normalized spacial score (nSPS) is 15.4. The first-order chi connectivity index (χ1) is 18.4. The number of H-pyrrole nitrogens is 1. The van der Waals surface area contributed by atoms with Crippen molar-refractivity contribution in [3.05, 3.63) is 78.4 Å². The fraction of sp³-hybridized carbons (Fsp3) is 0.148. The lowest BCUT2D eigenvalue weighted by molar-refractivity contribution is -0.119. The Hall–Kier alpha value is -4.64. The summed E-state index contributed by atoms with van der Waals surface area (Å²) in [5.74, 6) is 0.655. The molecule has 0 saturated carbocycles. The van der Waals surface area contributed by atoms with Gasteiger partial charge in [-0.15, -0.1) is 0 Å². The summed E-state index contributed by atoms with van der Waals surface area (Å²) in [4.78, 5) is 13.2. The van der Waals surface area contributed by atoms with Crippen LogP contribution in [0, 0.1) is 0 Å². The molecule has 1 amide bonds. The number of nitrogens with one attached hydrogen (secondary N) is 2. The van der Waals surface area contributed by atoms with E-state index in [1.165, 1.54) is 6.07 Å². The van der Waals surface area contributed by atoms with Gasteiger partial charge in [0, 0.05) is 16.7 Å². The smallest absolute Gasteiger partial charge is 0.265 e. The Kier molecular flexibility index (Phi) is 5.84. The van der Waals surface area contributed by atoms with Crippen molar-refractivity contribution >= 4 is 27.3 Å². The number of amides is 1. The number of hydrogen-bond donors (Lipinski definition) is 2. The number of carbonyl (C=O) groups excluding carboxylic acids is 1. The molecule has 11 heteroatoms. The van der Waals surface area contributed by atoms with Crippen LogP contribution in [0.5, 0.6) is 11.5 Å². The SMILES string of the molecule is C/C(=N\NC(=O)CN1c2c(-c3ccccc3)n[nH]c2-c2ccccc2S1(=O)=O)c1ccc2c(c1)OCCO2. The van der Waals surface area contributed by atoms with Crippen LogP contribution in [-0.4, -0.2) is 50.0 Å². The molecule has 4 aromatic rings. The van der Waals surface area contributed by atoms with Crippen LogP contribution in [0.15, 0.2) is 82.8 Å². The van der Waals surface area contributed by atoms with Crippen molar-refractivity contribution in [1.82, 2.24) is 15.6 Å². The molecule has 10 nitrogen and oxygen atoms in total. The molecule has 0 aliphatic carbocycles. The third-order valence-corrected chi connectivity index (χ3v) is 8.16. The van der Waals surface area contributed by atoms with Crippen molar-refractivity contribution < 1.29 is 22.7 Å². The molecule has 0 unspecified atom stereocenters. The lowest BCUT2D eigenvalue weighted by Crippen LogP contribution is -2.41. The lowest BCUT2D eigenvalue weighted by atomic mass is 10.1. The molecule has 0 bridgehead atoms. The van der Waals surface area contributed by atoms with Crippen molar-refractivity contribution in [2.24, 2.45) is 5.10 Å². The molecular formula is C27H23N5O5S. The summed E-state index contributed by atoms with van der Waals surface area (Å²) in [6.07, 6.45) is 0. The van der Waals surface area contributed by atoms with Crippen molar-refractivity contribution in [2.75, 3.05) is 24.1 Å². The highest BCUT2D eigenvalue weighted by atomic mass is 32.2. The molecule has 0 saturated heterocycles. The second-order valence-electron chi connectivity index (χ2n) is 8.76. The molecule has 192 valence electrons. The van der Waals surface area contributed by atoms with Crippen LogP contribution in [0.25, 0.3) is 22.5 Å². The minimum Gasteiger partial charge on any atom is -0.486 e. The van der Waals surface area contributed by atoms with E-state index in [1.807, 2.05) is 36.4 Å². The number of aromatic nitrogens is 2. The molecule has 2 N–H and O–H groups in total. The Bertz CT molecular complexity index is 1670. The van der Waals surface area contributed by atoms with Gasteiger partial charge in [-0.05, 0) is 31.2 Å². The van der Waals surface area contributed by atoms with Gasteiger partial charge in [-0.25, -0.2) is 13.8 Å². The van der Waals surface area contributed by atoms with E-state index < -0.39 is 22.5 Å². The van der Waals surface area contributed by atoms with E-state index in [9.17, 15) is 13.2 Å². The number of anilines is 1. The third kappa shape index (κ3) is 4.06. The Morgan fingerprint density at radius 1 is 1.03 bits per heavy atom. The van der Waals surface area contributed by atoms with Crippen LogP contribution < -0.4 is 19.2 Å². The highest BCUT2D eigenvalue weighted by Gasteiger charge is 2.39. The summed E-state index contributed by atoms with van der Waals surface area (Å²) < 4.78 is 39.7. The average molecular weight is 530 g/mol. The number of hydrogen-bond acceptors (Lipinski definition) is 7. The van der Waals surface area contributed by atoms with Crippen molar-refractivity contribution in [3.63, 3.8) is 0 Å². The number of nitrogens with zero attached hydrogens (tertiary/aromatic N) is 3. The zero-order chi connectivity index (χ0) is 26.3. The van der Waals surface area contributed by atoms with Gasteiger partial charge in [-0.1, -0.05) is 48.5 Å². The maximum atomic E-state index is 13.7. The Morgan fingerprint density at radius 3 is 2.58 bits per heavy atom. The minimum atomic E-state index is -4.06. The molecule has 6 rings (SSSR count). The summed E-state index contributed by atoms with van der Waals surface area (Å²) in [7, 11) is -4.06. The number of carbonyl (C=O) groups is 1. The first-order valence-electron chi connectivity index (χ1n) is 11.9. The topological polar surface area (TPSA) is 126 Å².